The van der Waals surface area contributed by atoms with Gasteiger partial charge < -0.3 is 19.3 Å². The van der Waals surface area contributed by atoms with Crippen LogP contribution in [0.4, 0.5) is 5.95 Å². The summed E-state index contributed by atoms with van der Waals surface area (Å²) in [4.78, 5) is 27.0. The summed E-state index contributed by atoms with van der Waals surface area (Å²) in [5.74, 6) is 2.48. The highest BCUT2D eigenvalue weighted by atomic mass is 16.5. The van der Waals surface area contributed by atoms with Gasteiger partial charge in [0.2, 0.25) is 17.7 Å². The van der Waals surface area contributed by atoms with E-state index >= 15 is 0 Å². The molecule has 2 atom stereocenters. The van der Waals surface area contributed by atoms with Crippen LogP contribution in [0.5, 0.6) is 5.88 Å². The fraction of sp³-hybridized carbons (Fsp3) is 0.522. The fourth-order valence-corrected chi connectivity index (χ4v) is 5.33. The highest BCUT2D eigenvalue weighted by Crippen LogP contribution is 2.40. The number of aromatic nitrogens is 2. The molecule has 0 radical (unpaired) electrons. The fourth-order valence-electron chi connectivity index (χ4n) is 5.33. The third-order valence-corrected chi connectivity index (χ3v) is 6.96. The van der Waals surface area contributed by atoms with E-state index in [9.17, 15) is 4.79 Å². The normalized spacial score (nSPS) is 25.2. The number of carbonyl (C=O) groups excluding carboxylic acids is 1. The van der Waals surface area contributed by atoms with Gasteiger partial charge >= 0.3 is 0 Å². The van der Waals surface area contributed by atoms with Gasteiger partial charge in [0, 0.05) is 63.5 Å². The molecule has 0 spiro atoms. The summed E-state index contributed by atoms with van der Waals surface area (Å²) in [6, 6.07) is 12.0. The van der Waals surface area contributed by atoms with Gasteiger partial charge in [-0.1, -0.05) is 30.3 Å². The van der Waals surface area contributed by atoms with Gasteiger partial charge in [-0.15, -0.1) is 0 Å². The smallest absolute Gasteiger partial charge is 0.233 e. The molecule has 7 nitrogen and oxygen atoms in total. The molecule has 1 amide bonds. The van der Waals surface area contributed by atoms with E-state index in [1.807, 2.05) is 18.2 Å². The molecule has 5 rings (SSSR count). The van der Waals surface area contributed by atoms with E-state index in [2.05, 4.69) is 31.9 Å². The van der Waals surface area contributed by atoms with Crippen molar-refractivity contribution in [3.8, 4) is 5.88 Å². The summed E-state index contributed by atoms with van der Waals surface area (Å²) in [7, 11) is 1.62. The van der Waals surface area contributed by atoms with Gasteiger partial charge in [-0.05, 0) is 18.4 Å². The first-order chi connectivity index (χ1) is 14.7. The van der Waals surface area contributed by atoms with E-state index < -0.39 is 5.41 Å². The second-order valence-electron chi connectivity index (χ2n) is 8.59. The van der Waals surface area contributed by atoms with E-state index in [0.29, 0.717) is 36.9 Å². The Bertz CT molecular complexity index is 886. The minimum Gasteiger partial charge on any atom is -0.481 e. The predicted octanol–water partition coefficient (Wildman–Crippen LogP) is 2.13. The van der Waals surface area contributed by atoms with Crippen molar-refractivity contribution in [2.75, 3.05) is 51.4 Å². The number of nitrogens with zero attached hydrogens (tertiary/aromatic N) is 4. The third-order valence-electron chi connectivity index (χ3n) is 6.96. The Balaban J connectivity index is 1.31. The zero-order chi connectivity index (χ0) is 20.6. The van der Waals surface area contributed by atoms with Gasteiger partial charge in [-0.25, -0.2) is 4.98 Å². The number of carbonyl (C=O) groups is 1. The van der Waals surface area contributed by atoms with E-state index in [1.54, 1.807) is 19.4 Å². The number of methoxy groups -OCH3 is 1. The van der Waals surface area contributed by atoms with Crippen molar-refractivity contribution >= 4 is 11.9 Å². The van der Waals surface area contributed by atoms with Gasteiger partial charge in [0.15, 0.2) is 0 Å². The summed E-state index contributed by atoms with van der Waals surface area (Å²) in [6.45, 7) is 4.65. The van der Waals surface area contributed by atoms with Crippen molar-refractivity contribution in [1.82, 2.24) is 14.9 Å². The van der Waals surface area contributed by atoms with Crippen LogP contribution in [0.15, 0.2) is 42.6 Å². The highest BCUT2D eigenvalue weighted by Gasteiger charge is 2.49. The molecule has 2 aromatic rings. The quantitative estimate of drug-likeness (QED) is 0.772. The second kappa shape index (κ2) is 7.87. The molecule has 4 heterocycles. The Kier molecular flexibility index (Phi) is 5.06. The number of hydrogen-bond donors (Lipinski definition) is 0. The molecule has 1 aromatic heterocycles. The van der Waals surface area contributed by atoms with Crippen LogP contribution in [0.1, 0.15) is 18.4 Å². The zero-order valence-electron chi connectivity index (χ0n) is 17.4. The van der Waals surface area contributed by atoms with Gasteiger partial charge in [0.1, 0.15) is 0 Å². The average molecular weight is 409 g/mol. The van der Waals surface area contributed by atoms with Gasteiger partial charge in [-0.3, -0.25) is 4.79 Å². The van der Waals surface area contributed by atoms with Crippen molar-refractivity contribution in [2.45, 2.75) is 18.3 Å². The Hall–Kier alpha value is -2.67. The van der Waals surface area contributed by atoms with Gasteiger partial charge in [0.05, 0.1) is 12.5 Å². The molecule has 3 aliphatic heterocycles. The van der Waals surface area contributed by atoms with Crippen LogP contribution >= 0.6 is 0 Å². The standard InChI is InChI=1S/C23H28N4O3/c1-29-20-7-10-24-22(25-20)27-15-17-13-26(14-18(17)16-27)21(28)23(8-11-30-12-9-23)19-5-3-2-4-6-19/h2-7,10,17-18H,8-9,11-16H2,1H3. The molecule has 0 N–H and O–H groups in total. The number of rotatable bonds is 4. The van der Waals surface area contributed by atoms with E-state index in [4.69, 9.17) is 9.47 Å². The first kappa shape index (κ1) is 19.3. The maximum atomic E-state index is 13.8. The largest absolute Gasteiger partial charge is 0.481 e. The third kappa shape index (κ3) is 3.31. The predicted molar refractivity (Wildman–Crippen MR) is 113 cm³/mol. The lowest BCUT2D eigenvalue weighted by Crippen LogP contribution is -2.50. The van der Waals surface area contributed by atoms with Crippen LogP contribution in [0.2, 0.25) is 0 Å². The number of ether oxygens (including phenoxy) is 2. The van der Waals surface area contributed by atoms with Crippen LogP contribution < -0.4 is 9.64 Å². The lowest BCUT2D eigenvalue weighted by atomic mass is 9.73. The Morgan fingerprint density at radius 1 is 1.07 bits per heavy atom. The molecule has 1 aromatic carbocycles. The van der Waals surface area contributed by atoms with Crippen LogP contribution in [0.25, 0.3) is 0 Å². The molecular formula is C23H28N4O3. The Labute approximate surface area is 177 Å². The summed E-state index contributed by atoms with van der Waals surface area (Å²) < 4.78 is 10.9. The minimum atomic E-state index is -0.451. The molecule has 3 saturated heterocycles. The first-order valence-corrected chi connectivity index (χ1v) is 10.7. The second-order valence-corrected chi connectivity index (χ2v) is 8.59. The SMILES string of the molecule is COc1ccnc(N2CC3CN(C(=O)C4(c5ccccc5)CCOCC4)CC3C2)n1. The number of anilines is 1. The lowest BCUT2D eigenvalue weighted by Gasteiger charge is -2.39. The first-order valence-electron chi connectivity index (χ1n) is 10.7. The monoisotopic (exact) mass is 408 g/mol. The highest BCUT2D eigenvalue weighted by molar-refractivity contribution is 5.88. The topological polar surface area (TPSA) is 67.8 Å². The average Bonchev–Trinajstić information content (AvgIpc) is 3.39. The molecule has 30 heavy (non-hydrogen) atoms. The summed E-state index contributed by atoms with van der Waals surface area (Å²) in [5.41, 5.74) is 0.676. The molecule has 0 saturated carbocycles. The van der Waals surface area contributed by atoms with Crippen molar-refractivity contribution in [1.29, 1.82) is 0 Å². The summed E-state index contributed by atoms with van der Waals surface area (Å²) in [6.07, 6.45) is 3.25. The van der Waals surface area contributed by atoms with Crippen LogP contribution in [-0.4, -0.2) is 67.3 Å². The Morgan fingerprint density at radius 2 is 1.77 bits per heavy atom. The number of amides is 1. The van der Waals surface area contributed by atoms with E-state index in [1.165, 1.54) is 0 Å². The summed E-state index contributed by atoms with van der Waals surface area (Å²) >= 11 is 0. The molecule has 0 bridgehead atoms. The zero-order valence-corrected chi connectivity index (χ0v) is 17.4. The van der Waals surface area contributed by atoms with Crippen LogP contribution in [0, 0.1) is 11.8 Å². The van der Waals surface area contributed by atoms with Gasteiger partial charge in [0.25, 0.3) is 0 Å². The summed E-state index contributed by atoms with van der Waals surface area (Å²) in [5, 5.41) is 0. The van der Waals surface area contributed by atoms with Gasteiger partial charge in [-0.2, -0.15) is 4.98 Å². The van der Waals surface area contributed by atoms with Crippen molar-refractivity contribution in [2.24, 2.45) is 11.8 Å². The molecule has 7 heteroatoms. The van der Waals surface area contributed by atoms with Crippen molar-refractivity contribution in [3.05, 3.63) is 48.2 Å². The van der Waals surface area contributed by atoms with Crippen LogP contribution in [-0.2, 0) is 14.9 Å². The molecule has 2 unspecified atom stereocenters. The molecule has 3 aliphatic rings. The molecular weight excluding hydrogens is 380 g/mol. The maximum Gasteiger partial charge on any atom is 0.233 e. The minimum absolute atomic E-state index is 0.274. The Morgan fingerprint density at radius 3 is 2.43 bits per heavy atom. The van der Waals surface area contributed by atoms with Crippen LogP contribution in [0.3, 0.4) is 0 Å². The molecule has 158 valence electrons. The number of hydrogen-bond acceptors (Lipinski definition) is 6. The van der Waals surface area contributed by atoms with E-state index in [-0.39, 0.29) is 5.91 Å². The lowest BCUT2D eigenvalue weighted by molar-refractivity contribution is -0.140. The number of benzene rings is 1. The molecule has 0 aliphatic carbocycles. The van der Waals surface area contributed by atoms with Crippen molar-refractivity contribution < 1.29 is 14.3 Å². The maximum absolute atomic E-state index is 13.8. The van der Waals surface area contributed by atoms with E-state index in [0.717, 1.165) is 44.6 Å². The molecule has 3 fully saturated rings. The number of fused-ring (bicyclic) bond motifs is 1. The van der Waals surface area contributed by atoms with Crippen molar-refractivity contribution in [3.63, 3.8) is 0 Å². The number of likely N-dealkylation sites (tertiary alicyclic amines) is 1.